The molecule has 2 fully saturated rings. The number of hydrogen-bond acceptors (Lipinski definition) is 5. The molecule has 204 valence electrons. The highest BCUT2D eigenvalue weighted by atomic mass is 19.3. The standard InChI is InChI=1S/C25H33F4N5O3/c1-23(2,3)37-22(36)33-21(17-4-6-24(26,27)7-5-17)18-14-34-19(32-18)8-16(13-31-34)12-30-20(35)9-15-10-25(28,29)11-15/h8,13-15,17,21H,4-7,9-12H2,1-3H3,(H,30,35)(H,33,36)/t21-/m0/s1. The van der Waals surface area contributed by atoms with Gasteiger partial charge in [-0.1, -0.05) is 0 Å². The van der Waals surface area contributed by atoms with Crippen LogP contribution in [0.3, 0.4) is 0 Å². The summed E-state index contributed by atoms with van der Waals surface area (Å²) < 4.78 is 60.4. The fourth-order valence-corrected chi connectivity index (χ4v) is 4.91. The van der Waals surface area contributed by atoms with Gasteiger partial charge >= 0.3 is 6.09 Å². The van der Waals surface area contributed by atoms with Crippen LogP contribution in [-0.4, -0.2) is 44.0 Å². The summed E-state index contributed by atoms with van der Waals surface area (Å²) >= 11 is 0. The molecule has 8 nitrogen and oxygen atoms in total. The molecule has 2 heterocycles. The van der Waals surface area contributed by atoms with Crippen LogP contribution < -0.4 is 10.6 Å². The zero-order chi connectivity index (χ0) is 27.0. The second-order valence-corrected chi connectivity index (χ2v) is 11.3. The van der Waals surface area contributed by atoms with Gasteiger partial charge in [0.2, 0.25) is 17.8 Å². The van der Waals surface area contributed by atoms with Crippen molar-refractivity contribution in [2.24, 2.45) is 11.8 Å². The molecule has 2 aromatic rings. The summed E-state index contributed by atoms with van der Waals surface area (Å²) in [6.07, 6.45) is 1.97. The third kappa shape index (κ3) is 7.32. The number of carbonyl (C=O) groups excluding carboxylic acids is 2. The Morgan fingerprint density at radius 1 is 1.16 bits per heavy atom. The summed E-state index contributed by atoms with van der Waals surface area (Å²) in [7, 11) is 0. The molecule has 0 saturated heterocycles. The molecular weight excluding hydrogens is 494 g/mol. The van der Waals surface area contributed by atoms with E-state index in [9.17, 15) is 27.2 Å². The molecule has 2 aliphatic rings. The number of halogens is 4. The maximum atomic E-state index is 13.8. The highest BCUT2D eigenvalue weighted by Crippen LogP contribution is 2.44. The average Bonchev–Trinajstić information content (AvgIpc) is 3.17. The Hall–Kier alpha value is -2.92. The number of carbonyl (C=O) groups is 2. The highest BCUT2D eigenvalue weighted by Gasteiger charge is 2.45. The van der Waals surface area contributed by atoms with Crippen LogP contribution in [0, 0.1) is 11.8 Å². The van der Waals surface area contributed by atoms with Gasteiger partial charge in [0.05, 0.1) is 24.1 Å². The molecule has 0 radical (unpaired) electrons. The lowest BCUT2D eigenvalue weighted by Crippen LogP contribution is -2.40. The van der Waals surface area contributed by atoms with Gasteiger partial charge < -0.3 is 15.4 Å². The van der Waals surface area contributed by atoms with Gasteiger partial charge in [-0.25, -0.2) is 31.9 Å². The summed E-state index contributed by atoms with van der Waals surface area (Å²) in [5, 5.41) is 9.85. The van der Waals surface area contributed by atoms with Crippen molar-refractivity contribution in [1.82, 2.24) is 25.2 Å². The minimum absolute atomic E-state index is 0.0528. The van der Waals surface area contributed by atoms with Crippen LogP contribution in [0.1, 0.15) is 83.0 Å². The third-order valence-electron chi connectivity index (χ3n) is 6.76. The fourth-order valence-electron chi connectivity index (χ4n) is 4.91. The van der Waals surface area contributed by atoms with Crippen molar-refractivity contribution in [2.75, 3.05) is 0 Å². The number of ether oxygens (including phenoxy) is 1. The van der Waals surface area contributed by atoms with Crippen LogP contribution in [0.2, 0.25) is 0 Å². The summed E-state index contributed by atoms with van der Waals surface area (Å²) in [5.41, 5.74) is 0.858. The maximum Gasteiger partial charge on any atom is 0.408 e. The second kappa shape index (κ2) is 10.1. The van der Waals surface area contributed by atoms with Gasteiger partial charge in [0, 0.05) is 38.6 Å². The first-order valence-electron chi connectivity index (χ1n) is 12.5. The first-order chi connectivity index (χ1) is 17.2. The molecule has 0 aromatic carbocycles. The van der Waals surface area contributed by atoms with Crippen molar-refractivity contribution in [1.29, 1.82) is 0 Å². The predicted octanol–water partition coefficient (Wildman–Crippen LogP) is 5.17. The molecule has 2 aliphatic carbocycles. The van der Waals surface area contributed by atoms with E-state index in [0.29, 0.717) is 16.9 Å². The Labute approximate surface area is 212 Å². The number of imidazole rings is 1. The van der Waals surface area contributed by atoms with Gasteiger partial charge in [-0.15, -0.1) is 0 Å². The molecule has 0 bridgehead atoms. The molecule has 2 amide bonds. The van der Waals surface area contributed by atoms with Crippen LogP contribution in [0.4, 0.5) is 22.4 Å². The number of nitrogens with zero attached hydrogens (tertiary/aromatic N) is 3. The second-order valence-electron chi connectivity index (χ2n) is 11.3. The monoisotopic (exact) mass is 527 g/mol. The van der Waals surface area contributed by atoms with E-state index in [-0.39, 0.29) is 69.2 Å². The maximum absolute atomic E-state index is 13.8. The minimum Gasteiger partial charge on any atom is -0.444 e. The summed E-state index contributed by atoms with van der Waals surface area (Å²) in [6, 6.07) is 1.07. The predicted molar refractivity (Wildman–Crippen MR) is 126 cm³/mol. The van der Waals surface area contributed by atoms with E-state index in [1.165, 1.54) is 4.52 Å². The summed E-state index contributed by atoms with van der Waals surface area (Å²) in [6.45, 7) is 5.36. The molecule has 4 rings (SSSR count). The van der Waals surface area contributed by atoms with Crippen LogP contribution in [0.5, 0.6) is 0 Å². The quantitative estimate of drug-likeness (QED) is 0.484. The summed E-state index contributed by atoms with van der Waals surface area (Å²) in [5.74, 6) is -6.24. The van der Waals surface area contributed by atoms with Crippen molar-refractivity contribution < 1.29 is 31.9 Å². The number of amides is 2. The Kier molecular flexibility index (Phi) is 7.40. The van der Waals surface area contributed by atoms with E-state index < -0.39 is 29.6 Å². The first-order valence-corrected chi connectivity index (χ1v) is 12.5. The third-order valence-corrected chi connectivity index (χ3v) is 6.76. The number of alkyl halides is 4. The highest BCUT2D eigenvalue weighted by molar-refractivity contribution is 5.76. The van der Waals surface area contributed by atoms with E-state index in [1.807, 2.05) is 0 Å². The number of hydrogen-bond donors (Lipinski definition) is 2. The molecule has 0 spiro atoms. The van der Waals surface area contributed by atoms with Gasteiger partial charge in [0.1, 0.15) is 5.60 Å². The number of fused-ring (bicyclic) bond motifs is 1. The largest absolute Gasteiger partial charge is 0.444 e. The van der Waals surface area contributed by atoms with Gasteiger partial charge in [0.15, 0.2) is 5.65 Å². The molecule has 1 atom stereocenters. The van der Waals surface area contributed by atoms with Crippen molar-refractivity contribution in [2.45, 2.75) is 95.7 Å². The molecule has 0 unspecified atom stereocenters. The Morgan fingerprint density at radius 3 is 2.46 bits per heavy atom. The van der Waals surface area contributed by atoms with Gasteiger partial charge in [-0.05, 0) is 57.1 Å². The number of nitrogens with one attached hydrogen (secondary N) is 2. The van der Waals surface area contributed by atoms with Gasteiger partial charge in [-0.3, -0.25) is 4.79 Å². The lowest BCUT2D eigenvalue weighted by Gasteiger charge is -2.34. The van der Waals surface area contributed by atoms with E-state index in [2.05, 4.69) is 20.7 Å². The normalized spacial score (nSPS) is 20.7. The molecule has 2 aromatic heterocycles. The average molecular weight is 528 g/mol. The lowest BCUT2D eigenvalue weighted by molar-refractivity contribution is -0.133. The van der Waals surface area contributed by atoms with Crippen LogP contribution in [0.15, 0.2) is 18.5 Å². The SMILES string of the molecule is CC(C)(C)OC(=O)N[C@H](c1cn2ncc(CNC(=O)CC3CC(F)(F)C3)cc2n1)C1CCC(F)(F)CC1. The van der Waals surface area contributed by atoms with Crippen LogP contribution >= 0.6 is 0 Å². The molecule has 2 N–H and O–H groups in total. The van der Waals surface area contributed by atoms with Crippen molar-refractivity contribution >= 4 is 17.6 Å². The Morgan fingerprint density at radius 2 is 1.84 bits per heavy atom. The molecule has 37 heavy (non-hydrogen) atoms. The molecular formula is C25H33F4N5O3. The van der Waals surface area contributed by atoms with E-state index in [1.54, 1.807) is 39.2 Å². The van der Waals surface area contributed by atoms with E-state index >= 15 is 0 Å². The number of rotatable bonds is 7. The smallest absolute Gasteiger partial charge is 0.408 e. The minimum atomic E-state index is -2.72. The Balaban J connectivity index is 1.45. The van der Waals surface area contributed by atoms with Crippen molar-refractivity contribution in [3.05, 3.63) is 29.7 Å². The fraction of sp³-hybridized carbons (Fsp3) is 0.680. The number of aromatic nitrogens is 3. The van der Waals surface area contributed by atoms with E-state index in [0.717, 1.165) is 0 Å². The molecule has 12 heteroatoms. The molecule has 0 aliphatic heterocycles. The zero-order valence-electron chi connectivity index (χ0n) is 21.2. The molecule has 2 saturated carbocycles. The Bertz CT molecular complexity index is 1130. The lowest BCUT2D eigenvalue weighted by atomic mass is 9.79. The van der Waals surface area contributed by atoms with Gasteiger partial charge in [-0.2, -0.15) is 5.10 Å². The topological polar surface area (TPSA) is 97.6 Å². The zero-order valence-corrected chi connectivity index (χ0v) is 21.2. The van der Waals surface area contributed by atoms with Crippen molar-refractivity contribution in [3.8, 4) is 0 Å². The first kappa shape index (κ1) is 27.1. The van der Waals surface area contributed by atoms with Crippen LogP contribution in [-0.2, 0) is 16.1 Å². The summed E-state index contributed by atoms with van der Waals surface area (Å²) in [4.78, 5) is 29.3. The van der Waals surface area contributed by atoms with E-state index in [4.69, 9.17) is 4.74 Å². The van der Waals surface area contributed by atoms with Crippen molar-refractivity contribution in [3.63, 3.8) is 0 Å². The van der Waals surface area contributed by atoms with Gasteiger partial charge in [0.25, 0.3) is 0 Å². The van der Waals surface area contributed by atoms with Crippen LogP contribution in [0.25, 0.3) is 5.65 Å². The number of alkyl carbamates (subject to hydrolysis) is 1.